The van der Waals surface area contributed by atoms with Crippen LogP contribution < -0.4 is 0 Å². The van der Waals surface area contributed by atoms with Gasteiger partial charge in [0.2, 0.25) is 0 Å². The van der Waals surface area contributed by atoms with Gasteiger partial charge in [-0.2, -0.15) is 0 Å². The summed E-state index contributed by atoms with van der Waals surface area (Å²) in [5, 5.41) is -0.265. The van der Waals surface area contributed by atoms with E-state index in [0.717, 1.165) is 5.57 Å². The molecule has 0 aromatic heterocycles. The minimum atomic E-state index is -2.27. The molecular weight excluding hydrogens is 148 g/mol. The molecule has 0 aliphatic heterocycles. The zero-order valence-corrected chi connectivity index (χ0v) is 6.67. The number of thiol groups is 1. The van der Waals surface area contributed by atoms with Gasteiger partial charge in [-0.15, -0.1) is 0 Å². The van der Waals surface area contributed by atoms with Gasteiger partial charge >= 0.3 is 0 Å². The number of hydrogen-bond acceptors (Lipinski definition) is 2. The highest BCUT2D eigenvalue weighted by Gasteiger charge is 2.07. The first-order valence-electron chi connectivity index (χ1n) is 3.18. The molecule has 0 aromatic rings. The standard InChI is InChI=1S/C7H10O2S/c1-6-2-4-7(5-3-6)10(8)9/h2-4,7,10H,5H2,1H3. The van der Waals surface area contributed by atoms with Gasteiger partial charge < -0.3 is 0 Å². The summed E-state index contributed by atoms with van der Waals surface area (Å²) in [6.45, 7) is 1.96. The maximum atomic E-state index is 10.4. The van der Waals surface area contributed by atoms with Gasteiger partial charge in [-0.05, 0) is 13.3 Å². The molecule has 10 heavy (non-hydrogen) atoms. The van der Waals surface area contributed by atoms with E-state index in [1.54, 1.807) is 6.08 Å². The molecular formula is C7H10O2S. The Hall–Kier alpha value is -0.570. The Morgan fingerprint density at radius 3 is 2.70 bits per heavy atom. The second-order valence-electron chi connectivity index (χ2n) is 2.40. The van der Waals surface area contributed by atoms with Gasteiger partial charge in [0.15, 0.2) is 0 Å². The van der Waals surface area contributed by atoms with Crippen molar-refractivity contribution in [3.8, 4) is 0 Å². The van der Waals surface area contributed by atoms with E-state index < -0.39 is 10.7 Å². The van der Waals surface area contributed by atoms with E-state index in [9.17, 15) is 8.42 Å². The highest BCUT2D eigenvalue weighted by Crippen LogP contribution is 2.11. The molecule has 1 rings (SSSR count). The summed E-state index contributed by atoms with van der Waals surface area (Å²) in [7, 11) is -2.27. The Kier molecular flexibility index (Phi) is 2.27. The van der Waals surface area contributed by atoms with Gasteiger partial charge in [-0.1, -0.05) is 23.8 Å². The van der Waals surface area contributed by atoms with Crippen molar-refractivity contribution in [2.24, 2.45) is 0 Å². The van der Waals surface area contributed by atoms with Crippen molar-refractivity contribution in [3.63, 3.8) is 0 Å². The first-order valence-corrected chi connectivity index (χ1v) is 4.43. The van der Waals surface area contributed by atoms with Crippen molar-refractivity contribution < 1.29 is 8.42 Å². The van der Waals surface area contributed by atoms with Crippen LogP contribution in [0.1, 0.15) is 13.3 Å². The van der Waals surface area contributed by atoms with Gasteiger partial charge in [-0.3, -0.25) is 0 Å². The monoisotopic (exact) mass is 158 g/mol. The molecule has 0 spiro atoms. The van der Waals surface area contributed by atoms with Crippen LogP contribution in [0.25, 0.3) is 0 Å². The van der Waals surface area contributed by atoms with E-state index in [-0.39, 0.29) is 5.25 Å². The van der Waals surface area contributed by atoms with Gasteiger partial charge in [0.05, 0.1) is 5.25 Å². The topological polar surface area (TPSA) is 34.1 Å². The van der Waals surface area contributed by atoms with Crippen LogP contribution >= 0.6 is 0 Å². The highest BCUT2D eigenvalue weighted by molar-refractivity contribution is 7.73. The van der Waals surface area contributed by atoms with E-state index in [2.05, 4.69) is 0 Å². The van der Waals surface area contributed by atoms with E-state index in [0.29, 0.717) is 6.42 Å². The first-order chi connectivity index (χ1) is 4.70. The second kappa shape index (κ2) is 3.01. The summed E-state index contributed by atoms with van der Waals surface area (Å²) in [4.78, 5) is 0. The van der Waals surface area contributed by atoms with Gasteiger partial charge in [0.1, 0.15) is 10.7 Å². The fourth-order valence-electron chi connectivity index (χ4n) is 0.872. The Morgan fingerprint density at radius 2 is 2.30 bits per heavy atom. The van der Waals surface area contributed by atoms with E-state index >= 15 is 0 Å². The Bertz CT molecular complexity index is 240. The first kappa shape index (κ1) is 7.54. The Morgan fingerprint density at radius 1 is 1.60 bits per heavy atom. The molecule has 1 aliphatic carbocycles. The van der Waals surface area contributed by atoms with Crippen LogP contribution in [0.2, 0.25) is 0 Å². The van der Waals surface area contributed by atoms with E-state index in [1.165, 1.54) is 0 Å². The third kappa shape index (κ3) is 1.70. The third-order valence-electron chi connectivity index (χ3n) is 1.53. The van der Waals surface area contributed by atoms with Gasteiger partial charge in [-0.25, -0.2) is 8.42 Å². The largest absolute Gasteiger partial charge is 0.231 e. The molecule has 0 heterocycles. The molecule has 0 saturated carbocycles. The average Bonchev–Trinajstić information content (AvgIpc) is 1.88. The number of hydrogen-bond donors (Lipinski definition) is 1. The lowest BCUT2D eigenvalue weighted by Crippen LogP contribution is -2.06. The maximum Gasteiger partial charge on any atom is 0.146 e. The molecule has 0 aromatic carbocycles. The molecule has 0 N–H and O–H groups in total. The second-order valence-corrected chi connectivity index (χ2v) is 3.63. The lowest BCUT2D eigenvalue weighted by Gasteiger charge is -2.06. The summed E-state index contributed by atoms with van der Waals surface area (Å²) in [6, 6.07) is 0. The van der Waals surface area contributed by atoms with Crippen molar-refractivity contribution >= 4 is 10.7 Å². The zero-order chi connectivity index (χ0) is 7.56. The molecule has 0 amide bonds. The quantitative estimate of drug-likeness (QED) is 0.575. The lowest BCUT2D eigenvalue weighted by molar-refractivity contribution is 0.607. The molecule has 0 fully saturated rings. The predicted molar refractivity (Wildman–Crippen MR) is 41.6 cm³/mol. The van der Waals surface area contributed by atoms with Crippen LogP contribution in [-0.4, -0.2) is 13.7 Å². The Balaban J connectivity index is 2.69. The smallest absolute Gasteiger partial charge is 0.146 e. The fourth-order valence-corrected chi connectivity index (χ4v) is 1.38. The summed E-state index contributed by atoms with van der Waals surface area (Å²) >= 11 is 0. The van der Waals surface area contributed by atoms with Crippen molar-refractivity contribution in [2.45, 2.75) is 18.6 Å². The molecule has 0 bridgehead atoms. The van der Waals surface area contributed by atoms with Crippen molar-refractivity contribution in [2.75, 3.05) is 0 Å². The van der Waals surface area contributed by atoms with Crippen molar-refractivity contribution in [3.05, 3.63) is 23.8 Å². The minimum absolute atomic E-state index is 0.265. The number of rotatable bonds is 1. The van der Waals surface area contributed by atoms with Crippen LogP contribution in [0.5, 0.6) is 0 Å². The lowest BCUT2D eigenvalue weighted by atomic mass is 10.1. The molecule has 0 radical (unpaired) electrons. The zero-order valence-electron chi connectivity index (χ0n) is 5.78. The molecule has 1 unspecified atom stereocenters. The SMILES string of the molecule is CC1=CCC([SH](=O)=O)C=C1. The molecule has 2 nitrogen and oxygen atoms in total. The van der Waals surface area contributed by atoms with Gasteiger partial charge in [0.25, 0.3) is 0 Å². The Labute approximate surface area is 62.2 Å². The molecule has 3 heteroatoms. The van der Waals surface area contributed by atoms with Crippen molar-refractivity contribution in [1.82, 2.24) is 0 Å². The van der Waals surface area contributed by atoms with Crippen LogP contribution in [0.15, 0.2) is 23.8 Å². The van der Waals surface area contributed by atoms with E-state index in [4.69, 9.17) is 0 Å². The highest BCUT2D eigenvalue weighted by atomic mass is 32.2. The maximum absolute atomic E-state index is 10.4. The number of allylic oxidation sites excluding steroid dienone is 3. The molecule has 1 aliphatic rings. The summed E-state index contributed by atoms with van der Waals surface area (Å²) in [5.41, 5.74) is 1.15. The predicted octanol–water partition coefficient (Wildman–Crippen LogP) is 0.873. The van der Waals surface area contributed by atoms with Crippen LogP contribution in [0.3, 0.4) is 0 Å². The summed E-state index contributed by atoms with van der Waals surface area (Å²) < 4.78 is 20.8. The summed E-state index contributed by atoms with van der Waals surface area (Å²) in [6.07, 6.45) is 6.16. The molecule has 0 saturated heterocycles. The van der Waals surface area contributed by atoms with Crippen LogP contribution in [0, 0.1) is 0 Å². The molecule has 1 atom stereocenters. The fraction of sp³-hybridized carbons (Fsp3) is 0.429. The van der Waals surface area contributed by atoms with Crippen LogP contribution in [0.4, 0.5) is 0 Å². The van der Waals surface area contributed by atoms with E-state index in [1.807, 2.05) is 19.1 Å². The average molecular weight is 158 g/mol. The minimum Gasteiger partial charge on any atom is -0.231 e. The van der Waals surface area contributed by atoms with Gasteiger partial charge in [0, 0.05) is 0 Å². The van der Waals surface area contributed by atoms with Crippen molar-refractivity contribution in [1.29, 1.82) is 0 Å². The summed E-state index contributed by atoms with van der Waals surface area (Å²) in [5.74, 6) is 0. The van der Waals surface area contributed by atoms with Crippen LogP contribution in [-0.2, 0) is 10.7 Å². The normalized spacial score (nSPS) is 25.0. The third-order valence-corrected chi connectivity index (χ3v) is 2.46. The molecule has 56 valence electrons.